The molecule has 0 aromatic heterocycles. The molecule has 1 aliphatic carbocycles. The second kappa shape index (κ2) is 8.57. The minimum absolute atomic E-state index is 0.258. The number of carbonyl (C=O) groups is 1. The van der Waals surface area contributed by atoms with E-state index in [1.165, 1.54) is 36.0 Å². The van der Waals surface area contributed by atoms with Crippen molar-refractivity contribution in [2.75, 3.05) is 39.3 Å². The molecule has 0 atom stereocenters. The molecule has 1 saturated heterocycles. The van der Waals surface area contributed by atoms with Gasteiger partial charge in [-0.3, -0.25) is 9.69 Å². The van der Waals surface area contributed by atoms with Gasteiger partial charge in [0, 0.05) is 32.7 Å². The van der Waals surface area contributed by atoms with Gasteiger partial charge in [-0.05, 0) is 48.1 Å². The highest BCUT2D eigenvalue weighted by molar-refractivity contribution is 5.79. The summed E-state index contributed by atoms with van der Waals surface area (Å²) in [5.74, 6) is 1.17. The lowest BCUT2D eigenvalue weighted by molar-refractivity contribution is -0.132. The Hall–Kier alpha value is -2.33. The molecule has 1 aliphatic heterocycles. The first-order chi connectivity index (χ1) is 13.3. The number of benzene rings is 2. The molecule has 2 aromatic rings. The normalized spacial score (nSPS) is 17.0. The van der Waals surface area contributed by atoms with Gasteiger partial charge >= 0.3 is 0 Å². The molecule has 0 spiro atoms. The van der Waals surface area contributed by atoms with E-state index < -0.39 is 0 Å². The monoisotopic (exact) mass is 364 g/mol. The largest absolute Gasteiger partial charge is 0.492 e. The van der Waals surface area contributed by atoms with Gasteiger partial charge in [0.2, 0.25) is 5.91 Å². The molecule has 0 bridgehead atoms. The molecular formula is C23H28N2O2. The maximum absolute atomic E-state index is 12.7. The lowest BCUT2D eigenvalue weighted by Crippen LogP contribution is -2.49. The van der Waals surface area contributed by atoms with Crippen molar-refractivity contribution in [2.24, 2.45) is 0 Å². The third-order valence-electron chi connectivity index (χ3n) is 5.66. The fraction of sp³-hybridized carbons (Fsp3) is 0.435. The zero-order valence-electron chi connectivity index (χ0n) is 15.9. The number of carbonyl (C=O) groups excluding carboxylic acids is 1. The van der Waals surface area contributed by atoms with Crippen LogP contribution in [0.1, 0.15) is 23.1 Å². The molecular weight excluding hydrogens is 336 g/mol. The molecule has 1 heterocycles. The van der Waals surface area contributed by atoms with Crippen molar-refractivity contribution in [3.05, 3.63) is 65.2 Å². The topological polar surface area (TPSA) is 32.8 Å². The number of ether oxygens (including phenoxy) is 1. The number of para-hydroxylation sites is 1. The summed E-state index contributed by atoms with van der Waals surface area (Å²) in [7, 11) is 0. The second-order valence-corrected chi connectivity index (χ2v) is 7.52. The summed E-state index contributed by atoms with van der Waals surface area (Å²) in [6.45, 7) is 5.07. The standard InChI is InChI=1S/C23H28N2O2/c26-23(18-19-9-10-20-5-4-6-21(20)17-19)25-13-11-24(12-14-25)15-16-27-22-7-2-1-3-8-22/h1-3,7-10,17H,4-6,11-16,18H2. The predicted molar refractivity (Wildman–Crippen MR) is 107 cm³/mol. The molecule has 1 amide bonds. The van der Waals surface area contributed by atoms with E-state index in [-0.39, 0.29) is 5.91 Å². The average molecular weight is 364 g/mol. The van der Waals surface area contributed by atoms with Crippen LogP contribution in [0, 0.1) is 0 Å². The third-order valence-corrected chi connectivity index (χ3v) is 5.66. The maximum Gasteiger partial charge on any atom is 0.227 e. The van der Waals surface area contributed by atoms with E-state index in [1.54, 1.807) is 0 Å². The number of amides is 1. The highest BCUT2D eigenvalue weighted by Crippen LogP contribution is 2.23. The van der Waals surface area contributed by atoms with Gasteiger partial charge in [-0.1, -0.05) is 36.4 Å². The van der Waals surface area contributed by atoms with Gasteiger partial charge in [0.05, 0.1) is 6.42 Å². The highest BCUT2D eigenvalue weighted by Gasteiger charge is 2.21. The molecule has 4 heteroatoms. The first-order valence-electron chi connectivity index (χ1n) is 10.1. The highest BCUT2D eigenvalue weighted by atomic mass is 16.5. The minimum Gasteiger partial charge on any atom is -0.492 e. The maximum atomic E-state index is 12.7. The first-order valence-corrected chi connectivity index (χ1v) is 10.1. The minimum atomic E-state index is 0.258. The van der Waals surface area contributed by atoms with E-state index in [9.17, 15) is 4.79 Å². The smallest absolute Gasteiger partial charge is 0.227 e. The molecule has 0 unspecified atom stereocenters. The summed E-state index contributed by atoms with van der Waals surface area (Å²) < 4.78 is 5.78. The Morgan fingerprint density at radius 1 is 0.926 bits per heavy atom. The predicted octanol–water partition coefficient (Wildman–Crippen LogP) is 2.94. The lowest BCUT2D eigenvalue weighted by Gasteiger charge is -2.34. The van der Waals surface area contributed by atoms with Crippen molar-refractivity contribution < 1.29 is 9.53 Å². The van der Waals surface area contributed by atoms with Crippen LogP contribution >= 0.6 is 0 Å². The van der Waals surface area contributed by atoms with Crippen LogP contribution in [0.15, 0.2) is 48.5 Å². The van der Waals surface area contributed by atoms with Gasteiger partial charge in [0.1, 0.15) is 12.4 Å². The first kappa shape index (κ1) is 18.1. The Balaban J connectivity index is 1.20. The Bertz CT molecular complexity index is 767. The van der Waals surface area contributed by atoms with Crippen LogP contribution in [0.4, 0.5) is 0 Å². The van der Waals surface area contributed by atoms with Crippen LogP contribution in [-0.4, -0.2) is 55.0 Å². The number of rotatable bonds is 6. The Morgan fingerprint density at radius 3 is 2.52 bits per heavy atom. The van der Waals surface area contributed by atoms with Crippen LogP contribution in [-0.2, 0) is 24.1 Å². The van der Waals surface area contributed by atoms with Crippen molar-refractivity contribution in [2.45, 2.75) is 25.7 Å². The SMILES string of the molecule is O=C(Cc1ccc2c(c1)CCC2)N1CCN(CCOc2ccccc2)CC1. The average Bonchev–Trinajstić information content (AvgIpc) is 3.17. The van der Waals surface area contributed by atoms with Gasteiger partial charge in [0.25, 0.3) is 0 Å². The van der Waals surface area contributed by atoms with E-state index >= 15 is 0 Å². The van der Waals surface area contributed by atoms with E-state index in [1.807, 2.05) is 35.2 Å². The van der Waals surface area contributed by atoms with Crippen LogP contribution in [0.25, 0.3) is 0 Å². The van der Waals surface area contributed by atoms with Crippen LogP contribution < -0.4 is 4.74 Å². The quantitative estimate of drug-likeness (QED) is 0.790. The van der Waals surface area contributed by atoms with Crippen molar-refractivity contribution >= 4 is 5.91 Å². The van der Waals surface area contributed by atoms with E-state index in [2.05, 4.69) is 23.1 Å². The number of nitrogens with zero attached hydrogens (tertiary/aromatic N) is 2. The van der Waals surface area contributed by atoms with Crippen LogP contribution in [0.2, 0.25) is 0 Å². The van der Waals surface area contributed by atoms with Gasteiger partial charge in [-0.15, -0.1) is 0 Å². The fourth-order valence-electron chi connectivity index (χ4n) is 4.05. The van der Waals surface area contributed by atoms with Crippen molar-refractivity contribution in [1.82, 2.24) is 9.80 Å². The third kappa shape index (κ3) is 4.69. The molecule has 4 nitrogen and oxygen atoms in total. The number of aryl methyl sites for hydroxylation is 2. The van der Waals surface area contributed by atoms with Gasteiger partial charge in [-0.25, -0.2) is 0 Å². The Kier molecular flexibility index (Phi) is 5.73. The fourth-order valence-corrected chi connectivity index (χ4v) is 4.05. The summed E-state index contributed by atoms with van der Waals surface area (Å²) in [5, 5.41) is 0. The summed E-state index contributed by atoms with van der Waals surface area (Å²) >= 11 is 0. The number of fused-ring (bicyclic) bond motifs is 1. The summed E-state index contributed by atoms with van der Waals surface area (Å²) in [5.41, 5.74) is 4.08. The van der Waals surface area contributed by atoms with Crippen molar-refractivity contribution in [1.29, 1.82) is 0 Å². The molecule has 1 fully saturated rings. The van der Waals surface area contributed by atoms with Crippen molar-refractivity contribution in [3.8, 4) is 5.75 Å². The zero-order chi connectivity index (χ0) is 18.5. The number of piperazine rings is 1. The number of hydrogen-bond donors (Lipinski definition) is 0. The Labute approximate surface area is 161 Å². The molecule has 0 saturated carbocycles. The van der Waals surface area contributed by atoms with E-state index in [0.717, 1.165) is 38.5 Å². The lowest BCUT2D eigenvalue weighted by atomic mass is 10.0. The zero-order valence-corrected chi connectivity index (χ0v) is 15.9. The van der Waals surface area contributed by atoms with Crippen molar-refractivity contribution in [3.63, 3.8) is 0 Å². The molecule has 27 heavy (non-hydrogen) atoms. The van der Waals surface area contributed by atoms with E-state index in [0.29, 0.717) is 13.0 Å². The molecule has 142 valence electrons. The molecule has 4 rings (SSSR count). The van der Waals surface area contributed by atoms with E-state index in [4.69, 9.17) is 4.74 Å². The molecule has 2 aromatic carbocycles. The van der Waals surface area contributed by atoms with Gasteiger partial charge in [0.15, 0.2) is 0 Å². The second-order valence-electron chi connectivity index (χ2n) is 7.52. The molecule has 0 radical (unpaired) electrons. The summed E-state index contributed by atoms with van der Waals surface area (Å²) in [6.07, 6.45) is 4.15. The molecule has 0 N–H and O–H groups in total. The van der Waals surface area contributed by atoms with Gasteiger partial charge < -0.3 is 9.64 Å². The summed E-state index contributed by atoms with van der Waals surface area (Å²) in [4.78, 5) is 17.0. The van der Waals surface area contributed by atoms with Crippen LogP contribution in [0.5, 0.6) is 5.75 Å². The number of hydrogen-bond acceptors (Lipinski definition) is 3. The van der Waals surface area contributed by atoms with Gasteiger partial charge in [-0.2, -0.15) is 0 Å². The van der Waals surface area contributed by atoms with Crippen LogP contribution in [0.3, 0.4) is 0 Å². The summed E-state index contributed by atoms with van der Waals surface area (Å²) in [6, 6.07) is 16.5. The Morgan fingerprint density at radius 2 is 1.70 bits per heavy atom. The molecule has 2 aliphatic rings.